The number of likely N-dealkylation sites (tertiary alicyclic amines) is 1. The fourth-order valence-electron chi connectivity index (χ4n) is 2.80. The molecule has 0 saturated carbocycles. The zero-order valence-electron chi connectivity index (χ0n) is 12.1. The highest BCUT2D eigenvalue weighted by Gasteiger charge is 2.31. The summed E-state index contributed by atoms with van der Waals surface area (Å²) in [7, 11) is 0. The van der Waals surface area contributed by atoms with Crippen LogP contribution in [0.15, 0.2) is 23.2 Å². The Balaban J connectivity index is 1.55. The summed E-state index contributed by atoms with van der Waals surface area (Å²) in [5.41, 5.74) is 0.870. The molecule has 1 unspecified atom stereocenters. The summed E-state index contributed by atoms with van der Waals surface area (Å²) >= 11 is 0. The van der Waals surface area contributed by atoms with E-state index >= 15 is 0 Å². The topological polar surface area (TPSA) is 77.1 Å². The number of aromatic nitrogens is 4. The molecular weight excluding hydrogens is 270 g/mol. The second-order valence-corrected chi connectivity index (χ2v) is 5.37. The SMILES string of the molecule is Cc1cc(C2CCCN2C(=O)CCCn2cncn2)no1. The highest BCUT2D eigenvalue weighted by Crippen LogP contribution is 2.32. The Morgan fingerprint density at radius 2 is 2.43 bits per heavy atom. The monoisotopic (exact) mass is 289 g/mol. The fourth-order valence-corrected chi connectivity index (χ4v) is 2.80. The highest BCUT2D eigenvalue weighted by molar-refractivity contribution is 5.76. The third kappa shape index (κ3) is 3.12. The average Bonchev–Trinajstić information content (AvgIpc) is 3.18. The lowest BCUT2D eigenvalue weighted by Gasteiger charge is -2.23. The number of carbonyl (C=O) groups is 1. The van der Waals surface area contributed by atoms with E-state index in [-0.39, 0.29) is 11.9 Å². The molecular formula is C14H19N5O2. The van der Waals surface area contributed by atoms with Crippen molar-refractivity contribution in [3.8, 4) is 0 Å². The molecule has 1 saturated heterocycles. The number of hydrogen-bond acceptors (Lipinski definition) is 5. The maximum atomic E-state index is 12.4. The van der Waals surface area contributed by atoms with Gasteiger partial charge in [0.2, 0.25) is 5.91 Å². The van der Waals surface area contributed by atoms with E-state index in [2.05, 4.69) is 15.2 Å². The van der Waals surface area contributed by atoms with Crippen LogP contribution in [0, 0.1) is 6.92 Å². The number of hydrogen-bond donors (Lipinski definition) is 0. The van der Waals surface area contributed by atoms with E-state index < -0.39 is 0 Å². The van der Waals surface area contributed by atoms with Gasteiger partial charge in [-0.25, -0.2) is 4.98 Å². The van der Waals surface area contributed by atoms with E-state index in [4.69, 9.17) is 4.52 Å². The molecule has 1 aliphatic heterocycles. The smallest absolute Gasteiger partial charge is 0.223 e. The van der Waals surface area contributed by atoms with E-state index in [0.29, 0.717) is 13.0 Å². The second-order valence-electron chi connectivity index (χ2n) is 5.37. The van der Waals surface area contributed by atoms with Gasteiger partial charge >= 0.3 is 0 Å². The molecule has 1 atom stereocenters. The van der Waals surface area contributed by atoms with Crippen molar-refractivity contribution in [1.29, 1.82) is 0 Å². The minimum atomic E-state index is 0.0707. The Morgan fingerprint density at radius 1 is 1.52 bits per heavy atom. The molecule has 2 aromatic rings. The lowest BCUT2D eigenvalue weighted by molar-refractivity contribution is -0.132. The Hall–Kier alpha value is -2.18. The molecule has 21 heavy (non-hydrogen) atoms. The first-order chi connectivity index (χ1) is 10.2. The van der Waals surface area contributed by atoms with Crippen molar-refractivity contribution in [2.75, 3.05) is 6.54 Å². The summed E-state index contributed by atoms with van der Waals surface area (Å²) < 4.78 is 6.87. The average molecular weight is 289 g/mol. The van der Waals surface area contributed by atoms with Crippen molar-refractivity contribution in [1.82, 2.24) is 24.8 Å². The summed E-state index contributed by atoms with van der Waals surface area (Å²) in [5.74, 6) is 0.966. The maximum absolute atomic E-state index is 12.4. The Bertz CT molecular complexity index is 592. The number of nitrogens with zero attached hydrogens (tertiary/aromatic N) is 5. The van der Waals surface area contributed by atoms with Crippen LogP contribution in [-0.4, -0.2) is 37.3 Å². The number of rotatable bonds is 5. The van der Waals surface area contributed by atoms with Gasteiger partial charge in [-0.3, -0.25) is 9.48 Å². The van der Waals surface area contributed by atoms with Crippen LogP contribution in [0.25, 0.3) is 0 Å². The summed E-state index contributed by atoms with van der Waals surface area (Å²) in [4.78, 5) is 18.2. The molecule has 7 nitrogen and oxygen atoms in total. The van der Waals surface area contributed by atoms with Gasteiger partial charge in [0.15, 0.2) is 0 Å². The van der Waals surface area contributed by atoms with Gasteiger partial charge in [-0.1, -0.05) is 5.16 Å². The van der Waals surface area contributed by atoms with Crippen LogP contribution in [0.2, 0.25) is 0 Å². The molecule has 0 aliphatic carbocycles. The Kier molecular flexibility index (Phi) is 3.98. The molecule has 1 aliphatic rings. The van der Waals surface area contributed by atoms with Gasteiger partial charge in [0.05, 0.1) is 6.04 Å². The maximum Gasteiger partial charge on any atom is 0.223 e. The van der Waals surface area contributed by atoms with E-state index in [1.807, 2.05) is 17.9 Å². The van der Waals surface area contributed by atoms with Gasteiger partial charge in [0.25, 0.3) is 0 Å². The van der Waals surface area contributed by atoms with Gasteiger partial charge in [-0.2, -0.15) is 5.10 Å². The second kappa shape index (κ2) is 6.07. The van der Waals surface area contributed by atoms with Crippen LogP contribution in [0.4, 0.5) is 0 Å². The first-order valence-corrected chi connectivity index (χ1v) is 7.29. The normalized spacial score (nSPS) is 18.3. The van der Waals surface area contributed by atoms with Gasteiger partial charge in [0, 0.05) is 25.6 Å². The molecule has 112 valence electrons. The third-order valence-corrected chi connectivity index (χ3v) is 3.81. The Labute approximate surface area is 122 Å². The van der Waals surface area contributed by atoms with Crippen molar-refractivity contribution in [3.63, 3.8) is 0 Å². The fraction of sp³-hybridized carbons (Fsp3) is 0.571. The van der Waals surface area contributed by atoms with Crippen molar-refractivity contribution in [2.45, 2.75) is 45.2 Å². The van der Waals surface area contributed by atoms with Crippen LogP contribution >= 0.6 is 0 Å². The van der Waals surface area contributed by atoms with Crippen molar-refractivity contribution in [3.05, 3.63) is 30.2 Å². The molecule has 0 radical (unpaired) electrons. The van der Waals surface area contributed by atoms with Crippen LogP contribution in [-0.2, 0) is 11.3 Å². The van der Waals surface area contributed by atoms with Gasteiger partial charge in [0.1, 0.15) is 24.1 Å². The molecule has 1 fully saturated rings. The summed E-state index contributed by atoms with van der Waals surface area (Å²) in [6, 6.07) is 1.99. The summed E-state index contributed by atoms with van der Waals surface area (Å²) in [5, 5.41) is 8.09. The molecule has 7 heteroatoms. The third-order valence-electron chi connectivity index (χ3n) is 3.81. The van der Waals surface area contributed by atoms with Gasteiger partial charge in [-0.05, 0) is 26.2 Å². The van der Waals surface area contributed by atoms with Crippen LogP contribution in [0.5, 0.6) is 0 Å². The van der Waals surface area contributed by atoms with Crippen molar-refractivity contribution >= 4 is 5.91 Å². The lowest BCUT2D eigenvalue weighted by Crippen LogP contribution is -2.30. The van der Waals surface area contributed by atoms with Crippen molar-refractivity contribution < 1.29 is 9.32 Å². The molecule has 0 aromatic carbocycles. The summed E-state index contributed by atoms with van der Waals surface area (Å²) in [6.07, 6.45) is 6.44. The van der Waals surface area contributed by atoms with Crippen LogP contribution < -0.4 is 0 Å². The van der Waals surface area contributed by atoms with Crippen LogP contribution in [0.3, 0.4) is 0 Å². The molecule has 0 spiro atoms. The zero-order chi connectivity index (χ0) is 14.7. The standard InChI is InChI=1S/C14H19N5O2/c1-11-8-12(17-21-11)13-4-2-7-19(13)14(20)5-3-6-18-10-15-9-16-18/h8-10,13H,2-7H2,1H3. The number of aryl methyl sites for hydroxylation is 2. The first-order valence-electron chi connectivity index (χ1n) is 7.29. The van der Waals surface area contributed by atoms with E-state index in [1.54, 1.807) is 11.0 Å². The lowest BCUT2D eigenvalue weighted by atomic mass is 10.1. The first kappa shape index (κ1) is 13.8. The predicted molar refractivity (Wildman–Crippen MR) is 74.2 cm³/mol. The largest absolute Gasteiger partial charge is 0.361 e. The molecule has 2 aromatic heterocycles. The zero-order valence-corrected chi connectivity index (χ0v) is 12.1. The Morgan fingerprint density at radius 3 is 3.14 bits per heavy atom. The molecule has 3 heterocycles. The minimum absolute atomic E-state index is 0.0707. The molecule has 0 bridgehead atoms. The van der Waals surface area contributed by atoms with Gasteiger partial charge < -0.3 is 9.42 Å². The van der Waals surface area contributed by atoms with E-state index in [9.17, 15) is 4.79 Å². The number of carbonyl (C=O) groups excluding carboxylic acids is 1. The number of amides is 1. The molecule has 3 rings (SSSR count). The molecule has 0 N–H and O–H groups in total. The minimum Gasteiger partial charge on any atom is -0.361 e. The van der Waals surface area contributed by atoms with E-state index in [0.717, 1.165) is 37.3 Å². The quantitative estimate of drug-likeness (QED) is 0.837. The highest BCUT2D eigenvalue weighted by atomic mass is 16.5. The van der Waals surface area contributed by atoms with Crippen LogP contribution in [0.1, 0.15) is 43.2 Å². The summed E-state index contributed by atoms with van der Waals surface area (Å²) in [6.45, 7) is 3.39. The predicted octanol–water partition coefficient (Wildman–Crippen LogP) is 1.72. The van der Waals surface area contributed by atoms with Crippen molar-refractivity contribution in [2.24, 2.45) is 0 Å². The van der Waals surface area contributed by atoms with E-state index in [1.165, 1.54) is 6.33 Å². The van der Waals surface area contributed by atoms with Gasteiger partial charge in [-0.15, -0.1) is 0 Å². The molecule has 1 amide bonds.